The van der Waals surface area contributed by atoms with Crippen molar-refractivity contribution in [3.8, 4) is 11.5 Å². The molecule has 23 heavy (non-hydrogen) atoms. The lowest BCUT2D eigenvalue weighted by atomic mass is 10.2. The summed E-state index contributed by atoms with van der Waals surface area (Å²) in [7, 11) is 0. The number of carbonyl (C=O) groups is 2. The molecule has 0 radical (unpaired) electrons. The molecule has 116 valence electrons. The van der Waals surface area contributed by atoms with Crippen LogP contribution in [-0.4, -0.2) is 18.6 Å². The molecule has 3 N–H and O–H groups in total. The smallest absolute Gasteiger partial charge is 0.248 e. The van der Waals surface area contributed by atoms with Gasteiger partial charge in [0.05, 0.1) is 0 Å². The third kappa shape index (κ3) is 3.49. The van der Waals surface area contributed by atoms with Gasteiger partial charge in [-0.15, -0.1) is 0 Å². The van der Waals surface area contributed by atoms with Crippen molar-refractivity contribution in [3.63, 3.8) is 0 Å². The monoisotopic (exact) mass is 310 g/mol. The van der Waals surface area contributed by atoms with Crippen molar-refractivity contribution in [3.05, 3.63) is 59.7 Å². The first-order valence-corrected chi connectivity index (χ1v) is 6.90. The predicted molar refractivity (Wildman–Crippen MR) is 85.2 cm³/mol. The lowest BCUT2D eigenvalue weighted by Crippen LogP contribution is -2.11. The van der Waals surface area contributed by atoms with Crippen LogP contribution < -0.4 is 20.5 Å². The predicted octanol–water partition coefficient (Wildman–Crippen LogP) is 2.17. The maximum atomic E-state index is 11.9. The Morgan fingerprint density at radius 3 is 2.52 bits per heavy atom. The number of nitrogens with two attached hydrogens (primary N) is 1. The van der Waals surface area contributed by atoms with E-state index in [2.05, 4.69) is 5.32 Å². The first kappa shape index (κ1) is 14.6. The molecule has 0 bridgehead atoms. The molecule has 1 heterocycles. The number of anilines is 1. The average Bonchev–Trinajstić information content (AvgIpc) is 3.01. The number of primary amides is 1. The van der Waals surface area contributed by atoms with Crippen molar-refractivity contribution in [1.82, 2.24) is 0 Å². The summed E-state index contributed by atoms with van der Waals surface area (Å²) < 4.78 is 10.5. The molecule has 0 saturated heterocycles. The van der Waals surface area contributed by atoms with Crippen molar-refractivity contribution in [2.45, 2.75) is 0 Å². The Hall–Kier alpha value is -3.28. The summed E-state index contributed by atoms with van der Waals surface area (Å²) in [6, 6.07) is 11.8. The number of hydrogen-bond acceptors (Lipinski definition) is 4. The van der Waals surface area contributed by atoms with Crippen molar-refractivity contribution >= 4 is 23.6 Å². The average molecular weight is 310 g/mol. The van der Waals surface area contributed by atoms with Gasteiger partial charge in [0.25, 0.3) is 0 Å². The summed E-state index contributed by atoms with van der Waals surface area (Å²) in [5.74, 6) is 0.566. The van der Waals surface area contributed by atoms with Gasteiger partial charge in [-0.1, -0.05) is 6.07 Å². The molecule has 3 rings (SSSR count). The van der Waals surface area contributed by atoms with Crippen molar-refractivity contribution in [2.75, 3.05) is 12.1 Å². The molecule has 0 unspecified atom stereocenters. The zero-order valence-corrected chi connectivity index (χ0v) is 12.1. The summed E-state index contributed by atoms with van der Waals surface area (Å²) in [6.45, 7) is 0.213. The van der Waals surface area contributed by atoms with E-state index >= 15 is 0 Å². The van der Waals surface area contributed by atoms with E-state index in [1.165, 1.54) is 6.08 Å². The number of amides is 2. The minimum absolute atomic E-state index is 0.213. The van der Waals surface area contributed by atoms with E-state index in [9.17, 15) is 9.59 Å². The summed E-state index contributed by atoms with van der Waals surface area (Å²) in [5.41, 5.74) is 6.95. The van der Waals surface area contributed by atoms with Gasteiger partial charge in [-0.3, -0.25) is 9.59 Å². The minimum Gasteiger partial charge on any atom is -0.454 e. The quantitative estimate of drug-likeness (QED) is 0.847. The highest BCUT2D eigenvalue weighted by Crippen LogP contribution is 2.32. The number of carbonyl (C=O) groups excluding carboxylic acids is 2. The van der Waals surface area contributed by atoms with Gasteiger partial charge < -0.3 is 20.5 Å². The van der Waals surface area contributed by atoms with Crippen LogP contribution >= 0.6 is 0 Å². The molecule has 0 aromatic heterocycles. The van der Waals surface area contributed by atoms with E-state index in [4.69, 9.17) is 15.2 Å². The van der Waals surface area contributed by atoms with Crippen LogP contribution in [0.2, 0.25) is 0 Å². The molecule has 0 aliphatic carbocycles. The standard InChI is InChI=1S/C17H14N2O4/c18-17(21)12-3-5-13(6-4-12)19-16(20)8-2-11-1-7-14-15(9-11)23-10-22-14/h1-9H,10H2,(H2,18,21)(H,19,20)/b8-2+. The van der Waals surface area contributed by atoms with Crippen LogP contribution in [0.1, 0.15) is 15.9 Å². The molecule has 6 heteroatoms. The van der Waals surface area contributed by atoms with Crippen molar-refractivity contribution in [1.29, 1.82) is 0 Å². The van der Waals surface area contributed by atoms with E-state index < -0.39 is 5.91 Å². The molecular formula is C17H14N2O4. The Morgan fingerprint density at radius 1 is 1.04 bits per heavy atom. The molecule has 1 aliphatic heterocycles. The summed E-state index contributed by atoms with van der Waals surface area (Å²) >= 11 is 0. The second-order valence-electron chi connectivity index (χ2n) is 4.88. The number of rotatable bonds is 4. The summed E-state index contributed by atoms with van der Waals surface area (Å²) in [4.78, 5) is 22.9. The molecule has 0 saturated carbocycles. The van der Waals surface area contributed by atoms with E-state index in [-0.39, 0.29) is 12.7 Å². The van der Waals surface area contributed by atoms with Crippen LogP contribution in [0.3, 0.4) is 0 Å². The van der Waals surface area contributed by atoms with Gasteiger partial charge in [0.1, 0.15) is 0 Å². The van der Waals surface area contributed by atoms with Gasteiger partial charge in [0, 0.05) is 17.3 Å². The first-order valence-electron chi connectivity index (χ1n) is 6.90. The van der Waals surface area contributed by atoms with Gasteiger partial charge in [-0.05, 0) is 48.0 Å². The fraction of sp³-hybridized carbons (Fsp3) is 0.0588. The number of fused-ring (bicyclic) bond motifs is 1. The number of benzene rings is 2. The van der Waals surface area contributed by atoms with Gasteiger partial charge in [-0.2, -0.15) is 0 Å². The van der Waals surface area contributed by atoms with E-state index in [1.807, 2.05) is 6.07 Å². The molecule has 2 amide bonds. The van der Waals surface area contributed by atoms with Crippen LogP contribution in [-0.2, 0) is 4.79 Å². The third-order valence-corrected chi connectivity index (χ3v) is 3.26. The fourth-order valence-corrected chi connectivity index (χ4v) is 2.09. The topological polar surface area (TPSA) is 90.7 Å². The number of ether oxygens (including phenoxy) is 2. The number of hydrogen-bond donors (Lipinski definition) is 2. The third-order valence-electron chi connectivity index (χ3n) is 3.26. The largest absolute Gasteiger partial charge is 0.454 e. The van der Waals surface area contributed by atoms with Crippen LogP contribution in [0.5, 0.6) is 11.5 Å². The fourth-order valence-electron chi connectivity index (χ4n) is 2.09. The lowest BCUT2D eigenvalue weighted by Gasteiger charge is -2.03. The van der Waals surface area contributed by atoms with E-state index in [0.717, 1.165) is 5.56 Å². The Kier molecular flexibility index (Phi) is 3.97. The van der Waals surface area contributed by atoms with Crippen LogP contribution in [0.25, 0.3) is 6.08 Å². The normalized spacial score (nSPS) is 12.3. The minimum atomic E-state index is -0.509. The zero-order chi connectivity index (χ0) is 16.2. The summed E-state index contributed by atoms with van der Waals surface area (Å²) in [6.07, 6.45) is 3.09. The molecule has 0 spiro atoms. The number of nitrogens with one attached hydrogen (secondary N) is 1. The first-order chi connectivity index (χ1) is 11.1. The van der Waals surface area contributed by atoms with E-state index in [1.54, 1.807) is 42.5 Å². The Morgan fingerprint density at radius 2 is 1.78 bits per heavy atom. The molecule has 2 aromatic carbocycles. The van der Waals surface area contributed by atoms with Crippen molar-refractivity contribution < 1.29 is 19.1 Å². The molecule has 1 aliphatic rings. The van der Waals surface area contributed by atoms with Crippen LogP contribution in [0.15, 0.2) is 48.5 Å². The highest BCUT2D eigenvalue weighted by Gasteiger charge is 2.12. The molecule has 2 aromatic rings. The Labute approximate surface area is 132 Å². The molecule has 0 atom stereocenters. The highest BCUT2D eigenvalue weighted by atomic mass is 16.7. The molecule has 0 fully saturated rings. The van der Waals surface area contributed by atoms with Gasteiger partial charge in [0.2, 0.25) is 18.6 Å². The molecular weight excluding hydrogens is 296 g/mol. The SMILES string of the molecule is NC(=O)c1ccc(NC(=O)/C=C/c2ccc3c(c2)OCO3)cc1. The van der Waals surface area contributed by atoms with Crippen molar-refractivity contribution in [2.24, 2.45) is 5.73 Å². The van der Waals surface area contributed by atoms with Crippen LogP contribution in [0, 0.1) is 0 Å². The van der Waals surface area contributed by atoms with Gasteiger partial charge in [-0.25, -0.2) is 0 Å². The van der Waals surface area contributed by atoms with Gasteiger partial charge >= 0.3 is 0 Å². The maximum absolute atomic E-state index is 11.9. The Balaban J connectivity index is 1.63. The second kappa shape index (κ2) is 6.23. The van der Waals surface area contributed by atoms with E-state index in [0.29, 0.717) is 22.7 Å². The second-order valence-corrected chi connectivity index (χ2v) is 4.88. The van der Waals surface area contributed by atoms with Gasteiger partial charge in [0.15, 0.2) is 11.5 Å². The summed E-state index contributed by atoms with van der Waals surface area (Å²) in [5, 5.41) is 2.70. The lowest BCUT2D eigenvalue weighted by molar-refractivity contribution is -0.111. The Bertz CT molecular complexity index is 782. The highest BCUT2D eigenvalue weighted by molar-refractivity contribution is 6.02. The molecule has 6 nitrogen and oxygen atoms in total. The maximum Gasteiger partial charge on any atom is 0.248 e. The zero-order valence-electron chi connectivity index (χ0n) is 12.1. The van der Waals surface area contributed by atoms with Crippen LogP contribution in [0.4, 0.5) is 5.69 Å².